The lowest BCUT2D eigenvalue weighted by Gasteiger charge is -2.28. The zero-order chi connectivity index (χ0) is 39.8. The van der Waals surface area contributed by atoms with Crippen LogP contribution in [-0.2, 0) is 0 Å². The van der Waals surface area contributed by atoms with E-state index >= 15 is 0 Å². The number of hydrogen-bond donors (Lipinski definition) is 0. The number of fused-ring (bicyclic) bond motifs is 4. The summed E-state index contributed by atoms with van der Waals surface area (Å²) in [5, 5.41) is 5.09. The summed E-state index contributed by atoms with van der Waals surface area (Å²) in [7, 11) is 0. The summed E-state index contributed by atoms with van der Waals surface area (Å²) < 4.78 is 2.60. The minimum absolute atomic E-state index is 1.10. The highest BCUT2D eigenvalue weighted by Crippen LogP contribution is 2.46. The molecule has 0 bridgehead atoms. The molecule has 1 heterocycles. The van der Waals surface area contributed by atoms with E-state index in [1.165, 1.54) is 86.6 Å². The van der Waals surface area contributed by atoms with Gasteiger partial charge in [-0.1, -0.05) is 182 Å². The summed E-state index contributed by atoms with van der Waals surface area (Å²) in [5.41, 5.74) is 15.4. The fourth-order valence-electron chi connectivity index (χ4n) is 8.67. The van der Waals surface area contributed by atoms with Gasteiger partial charge in [0.25, 0.3) is 0 Å². The Labute approximate surface area is 354 Å². The van der Waals surface area contributed by atoms with E-state index in [0.29, 0.717) is 0 Å². The van der Waals surface area contributed by atoms with Crippen LogP contribution < -0.4 is 4.90 Å². The molecule has 1 aromatic heterocycles. The molecule has 0 unspecified atom stereocenters. The average molecular weight is 782 g/mol. The molecule has 0 atom stereocenters. The molecule has 0 aliphatic rings. The zero-order valence-corrected chi connectivity index (χ0v) is 33.7. The van der Waals surface area contributed by atoms with E-state index in [1.54, 1.807) is 0 Å². The Morgan fingerprint density at radius 3 is 1.60 bits per heavy atom. The maximum atomic E-state index is 2.43. The van der Waals surface area contributed by atoms with Crippen LogP contribution in [0.5, 0.6) is 0 Å². The molecule has 0 radical (unpaired) electrons. The summed E-state index contributed by atoms with van der Waals surface area (Å²) in [6.07, 6.45) is 0. The van der Waals surface area contributed by atoms with E-state index in [0.717, 1.165) is 17.1 Å². The number of nitrogens with zero attached hydrogens (tertiary/aromatic N) is 1. The van der Waals surface area contributed by atoms with Gasteiger partial charge in [0.15, 0.2) is 0 Å². The van der Waals surface area contributed by atoms with Gasteiger partial charge in [0, 0.05) is 37.1 Å². The lowest BCUT2D eigenvalue weighted by molar-refractivity contribution is 1.29. The smallest absolute Gasteiger partial charge is 0.0540 e. The van der Waals surface area contributed by atoms with Crippen LogP contribution in [0.15, 0.2) is 237 Å². The summed E-state index contributed by atoms with van der Waals surface area (Å²) >= 11 is 1.85. The molecule has 0 aliphatic heterocycles. The van der Waals surface area contributed by atoms with Crippen molar-refractivity contribution in [1.29, 1.82) is 0 Å². The molecule has 0 saturated heterocycles. The maximum absolute atomic E-state index is 2.43. The van der Waals surface area contributed by atoms with E-state index < -0.39 is 0 Å². The first-order chi connectivity index (χ1) is 29.7. The lowest BCUT2D eigenvalue weighted by Crippen LogP contribution is -2.11. The summed E-state index contributed by atoms with van der Waals surface area (Å²) in [5.74, 6) is 0. The predicted molar refractivity (Wildman–Crippen MR) is 259 cm³/mol. The van der Waals surface area contributed by atoms with Gasteiger partial charge in [0.1, 0.15) is 0 Å². The quantitative estimate of drug-likeness (QED) is 0.148. The van der Waals surface area contributed by atoms with E-state index in [4.69, 9.17) is 0 Å². The molecule has 10 aromatic carbocycles. The monoisotopic (exact) mass is 781 g/mol. The fraction of sp³-hybridized carbons (Fsp3) is 0. The molecule has 60 heavy (non-hydrogen) atoms. The van der Waals surface area contributed by atoms with Crippen LogP contribution in [0, 0.1) is 0 Å². The maximum Gasteiger partial charge on any atom is 0.0540 e. The second-order valence-electron chi connectivity index (χ2n) is 15.3. The predicted octanol–water partition coefficient (Wildman–Crippen LogP) is 17.0. The second kappa shape index (κ2) is 15.3. The minimum atomic E-state index is 1.10. The van der Waals surface area contributed by atoms with Crippen LogP contribution >= 0.6 is 11.3 Å². The Morgan fingerprint density at radius 1 is 0.267 bits per heavy atom. The SMILES string of the molecule is c1ccc(-c2ccccc2-c2ccccc2N(c2ccc(-c3ccc(-c4cccc(-c5ccc6ccccc6c5)c4)cc3)cc2)c2ccc3sc4ccccc4c3c2)cc1. The molecule has 1 nitrogen and oxygen atoms in total. The summed E-state index contributed by atoms with van der Waals surface area (Å²) in [4.78, 5) is 2.43. The second-order valence-corrected chi connectivity index (χ2v) is 16.4. The van der Waals surface area contributed by atoms with E-state index in [9.17, 15) is 0 Å². The molecule has 11 rings (SSSR count). The molecule has 2 heteroatoms. The first kappa shape index (κ1) is 35.6. The largest absolute Gasteiger partial charge is 0.310 e. The zero-order valence-electron chi connectivity index (χ0n) is 32.9. The van der Waals surface area contributed by atoms with Gasteiger partial charge in [-0.25, -0.2) is 0 Å². The van der Waals surface area contributed by atoms with Crippen molar-refractivity contribution in [1.82, 2.24) is 0 Å². The molecule has 11 aromatic rings. The minimum Gasteiger partial charge on any atom is -0.310 e. The van der Waals surface area contributed by atoms with Gasteiger partial charge in [-0.15, -0.1) is 11.3 Å². The van der Waals surface area contributed by atoms with Gasteiger partial charge < -0.3 is 4.90 Å². The van der Waals surface area contributed by atoms with Crippen molar-refractivity contribution in [3.63, 3.8) is 0 Å². The van der Waals surface area contributed by atoms with Crippen molar-refractivity contribution in [2.75, 3.05) is 4.90 Å². The highest BCUT2D eigenvalue weighted by molar-refractivity contribution is 7.25. The van der Waals surface area contributed by atoms with Crippen molar-refractivity contribution >= 4 is 59.3 Å². The highest BCUT2D eigenvalue weighted by Gasteiger charge is 2.20. The molecule has 0 saturated carbocycles. The third-order valence-corrected chi connectivity index (χ3v) is 12.8. The number of rotatable bonds is 8. The Morgan fingerprint density at radius 2 is 0.800 bits per heavy atom. The van der Waals surface area contributed by atoms with Gasteiger partial charge in [-0.3, -0.25) is 0 Å². The van der Waals surface area contributed by atoms with Gasteiger partial charge in [0.05, 0.1) is 5.69 Å². The normalized spacial score (nSPS) is 11.3. The van der Waals surface area contributed by atoms with Crippen LogP contribution in [-0.4, -0.2) is 0 Å². The van der Waals surface area contributed by atoms with E-state index in [2.05, 4.69) is 241 Å². The fourth-order valence-corrected chi connectivity index (χ4v) is 9.76. The third kappa shape index (κ3) is 6.63. The Balaban J connectivity index is 0.969. The van der Waals surface area contributed by atoms with Gasteiger partial charge in [-0.2, -0.15) is 0 Å². The van der Waals surface area contributed by atoms with Crippen molar-refractivity contribution < 1.29 is 0 Å². The number of para-hydroxylation sites is 1. The molecule has 0 aliphatic carbocycles. The molecule has 0 N–H and O–H groups in total. The molecule has 282 valence electrons. The van der Waals surface area contributed by atoms with Crippen molar-refractivity contribution in [3.05, 3.63) is 237 Å². The highest BCUT2D eigenvalue weighted by atomic mass is 32.1. The van der Waals surface area contributed by atoms with Crippen molar-refractivity contribution in [2.24, 2.45) is 0 Å². The summed E-state index contributed by atoms with van der Waals surface area (Å²) in [6, 6.07) is 86.2. The van der Waals surface area contributed by atoms with Gasteiger partial charge in [-0.05, 0) is 115 Å². The van der Waals surface area contributed by atoms with Crippen LogP contribution in [0.25, 0.3) is 86.6 Å². The Hall–Kier alpha value is -7.52. The molecule has 0 fully saturated rings. The Kier molecular flexibility index (Phi) is 9.11. The first-order valence-electron chi connectivity index (χ1n) is 20.5. The number of anilines is 3. The van der Waals surface area contributed by atoms with E-state index in [1.807, 2.05) is 11.3 Å². The van der Waals surface area contributed by atoms with Crippen LogP contribution in [0.1, 0.15) is 0 Å². The summed E-state index contributed by atoms with van der Waals surface area (Å²) in [6.45, 7) is 0. The molecular weight excluding hydrogens is 743 g/mol. The first-order valence-corrected chi connectivity index (χ1v) is 21.3. The van der Waals surface area contributed by atoms with Crippen LogP contribution in [0.4, 0.5) is 17.1 Å². The molecule has 0 amide bonds. The standard InChI is InChI=1S/C58H39NS/c1-2-14-44(15-3-1)51-19-6-7-20-52(51)53-21-8-10-23-56(53)59(50-35-36-58-55(39-50)54-22-9-11-24-57(54)60-58)49-33-31-42(32-34-49)41-25-27-43(28-26-41)46-17-12-18-47(37-46)48-30-29-40-13-4-5-16-45(40)38-48/h1-39H. The van der Waals surface area contributed by atoms with Gasteiger partial charge in [0.2, 0.25) is 0 Å². The molecule has 0 spiro atoms. The van der Waals surface area contributed by atoms with Crippen molar-refractivity contribution in [3.8, 4) is 55.6 Å². The van der Waals surface area contributed by atoms with E-state index in [-0.39, 0.29) is 0 Å². The number of thiophene rings is 1. The van der Waals surface area contributed by atoms with Crippen molar-refractivity contribution in [2.45, 2.75) is 0 Å². The molecular formula is C58H39NS. The lowest BCUT2D eigenvalue weighted by atomic mass is 9.93. The average Bonchev–Trinajstić information content (AvgIpc) is 3.70. The van der Waals surface area contributed by atoms with Crippen LogP contribution in [0.3, 0.4) is 0 Å². The number of hydrogen-bond acceptors (Lipinski definition) is 2. The Bertz CT molecular complexity index is 3310. The van der Waals surface area contributed by atoms with Crippen LogP contribution in [0.2, 0.25) is 0 Å². The number of benzene rings is 10. The third-order valence-electron chi connectivity index (χ3n) is 11.7. The van der Waals surface area contributed by atoms with Gasteiger partial charge >= 0.3 is 0 Å². The topological polar surface area (TPSA) is 3.24 Å².